The van der Waals surface area contributed by atoms with Gasteiger partial charge in [0, 0.05) is 40.3 Å². The summed E-state index contributed by atoms with van der Waals surface area (Å²) in [5.74, 6) is 0.442. The maximum Gasteiger partial charge on any atom is 0.243 e. The minimum absolute atomic E-state index is 0. The predicted octanol–water partition coefficient (Wildman–Crippen LogP) is 3.44. The molecule has 2 aromatic rings. The number of hydrogen-bond donors (Lipinski definition) is 1. The summed E-state index contributed by atoms with van der Waals surface area (Å²) in [4.78, 5) is 6.56. The first kappa shape index (κ1) is 24.5. The van der Waals surface area contributed by atoms with Gasteiger partial charge >= 0.3 is 0 Å². The molecule has 164 valence electrons. The third-order valence-electron chi connectivity index (χ3n) is 4.98. The first-order valence-corrected chi connectivity index (χ1v) is 11.1. The monoisotopic (exact) mass is 546 g/mol. The molecule has 0 aromatic heterocycles. The smallest absolute Gasteiger partial charge is 0.243 e. The average Bonchev–Trinajstić information content (AvgIpc) is 3.26. The Morgan fingerprint density at radius 2 is 1.63 bits per heavy atom. The molecule has 0 saturated carbocycles. The van der Waals surface area contributed by atoms with Gasteiger partial charge in [-0.05, 0) is 48.2 Å². The van der Waals surface area contributed by atoms with Crippen LogP contribution in [0.25, 0.3) is 0 Å². The minimum atomic E-state index is -3.39. The molecule has 1 aliphatic rings. The molecule has 3 rings (SSSR count). The fraction of sp³-hybridized carbons (Fsp3) is 0.381. The van der Waals surface area contributed by atoms with Gasteiger partial charge in [0.25, 0.3) is 0 Å². The van der Waals surface area contributed by atoms with Crippen molar-refractivity contribution in [3.8, 4) is 0 Å². The van der Waals surface area contributed by atoms with Gasteiger partial charge in [-0.15, -0.1) is 24.0 Å². The highest BCUT2D eigenvalue weighted by Gasteiger charge is 2.26. The second kappa shape index (κ2) is 11.1. The van der Waals surface area contributed by atoms with E-state index < -0.39 is 10.0 Å². The van der Waals surface area contributed by atoms with Crippen LogP contribution in [0.15, 0.2) is 58.4 Å². The van der Waals surface area contributed by atoms with Gasteiger partial charge in [-0.2, -0.15) is 4.31 Å². The van der Waals surface area contributed by atoms with E-state index in [1.54, 1.807) is 35.6 Å². The zero-order chi connectivity index (χ0) is 20.9. The van der Waals surface area contributed by atoms with Crippen molar-refractivity contribution in [2.24, 2.45) is 4.99 Å². The lowest BCUT2D eigenvalue weighted by Crippen LogP contribution is -2.38. The van der Waals surface area contributed by atoms with Crippen LogP contribution in [0.5, 0.6) is 0 Å². The van der Waals surface area contributed by atoms with Crippen LogP contribution in [0.1, 0.15) is 24.0 Å². The Bertz CT molecular complexity index is 944. The van der Waals surface area contributed by atoms with E-state index in [-0.39, 0.29) is 29.8 Å². The summed E-state index contributed by atoms with van der Waals surface area (Å²) in [6, 6.07) is 13.4. The molecule has 1 saturated heterocycles. The number of rotatable bonds is 6. The van der Waals surface area contributed by atoms with Crippen molar-refractivity contribution in [1.29, 1.82) is 0 Å². The number of benzene rings is 2. The van der Waals surface area contributed by atoms with Crippen molar-refractivity contribution < 1.29 is 12.8 Å². The number of halogens is 2. The largest absolute Gasteiger partial charge is 0.352 e. The minimum Gasteiger partial charge on any atom is -0.352 e. The average molecular weight is 546 g/mol. The molecule has 1 fully saturated rings. The molecule has 0 amide bonds. The second-order valence-corrected chi connectivity index (χ2v) is 9.08. The molecule has 1 heterocycles. The highest BCUT2D eigenvalue weighted by Crippen LogP contribution is 2.21. The molecule has 30 heavy (non-hydrogen) atoms. The second-order valence-electron chi connectivity index (χ2n) is 7.14. The molecule has 0 atom stereocenters. The Morgan fingerprint density at radius 3 is 2.20 bits per heavy atom. The first-order valence-electron chi connectivity index (χ1n) is 9.65. The highest BCUT2D eigenvalue weighted by molar-refractivity contribution is 14.0. The Morgan fingerprint density at radius 1 is 1.07 bits per heavy atom. The molecule has 2 aromatic carbocycles. The molecule has 1 N–H and O–H groups in total. The Balaban J connectivity index is 0.00000320. The van der Waals surface area contributed by atoms with Crippen LogP contribution in [0, 0.1) is 5.82 Å². The van der Waals surface area contributed by atoms with Crippen LogP contribution in [0.2, 0.25) is 0 Å². The molecular weight excluding hydrogens is 518 g/mol. The Kier molecular flexibility index (Phi) is 9.05. The summed E-state index contributed by atoms with van der Waals surface area (Å²) in [6.07, 6.45) is 1.84. The molecule has 0 radical (unpaired) electrons. The lowest BCUT2D eigenvalue weighted by atomic mass is 10.2. The molecule has 0 spiro atoms. The molecule has 0 bridgehead atoms. The molecule has 6 nitrogen and oxygen atoms in total. The lowest BCUT2D eigenvalue weighted by molar-refractivity contribution is 0.475. The number of nitrogens with one attached hydrogen (secondary N) is 1. The molecular formula is C21H28FIN4O2S. The van der Waals surface area contributed by atoms with E-state index in [4.69, 9.17) is 0 Å². The van der Waals surface area contributed by atoms with E-state index in [2.05, 4.69) is 10.3 Å². The zero-order valence-electron chi connectivity index (χ0n) is 17.2. The van der Waals surface area contributed by atoms with E-state index in [1.165, 1.54) is 12.1 Å². The maximum absolute atomic E-state index is 13.1. The number of guanidine groups is 1. The molecule has 0 unspecified atom stereocenters. The van der Waals surface area contributed by atoms with Crippen LogP contribution in [-0.4, -0.2) is 50.8 Å². The molecule has 0 aliphatic carbocycles. The summed E-state index contributed by atoms with van der Waals surface area (Å²) < 4.78 is 39.8. The molecule has 1 aliphatic heterocycles. The van der Waals surface area contributed by atoms with E-state index in [1.807, 2.05) is 24.1 Å². The first-order chi connectivity index (χ1) is 13.9. The van der Waals surface area contributed by atoms with Crippen LogP contribution in [0.3, 0.4) is 0 Å². The summed E-state index contributed by atoms with van der Waals surface area (Å²) >= 11 is 0. The lowest BCUT2D eigenvalue weighted by Gasteiger charge is -2.22. The van der Waals surface area contributed by atoms with Crippen LogP contribution in [-0.2, 0) is 23.1 Å². The topological polar surface area (TPSA) is 65.0 Å². The number of hydrogen-bond acceptors (Lipinski definition) is 3. The fourth-order valence-corrected chi connectivity index (χ4v) is 4.88. The van der Waals surface area contributed by atoms with Crippen molar-refractivity contribution in [3.05, 3.63) is 65.5 Å². The predicted molar refractivity (Wildman–Crippen MR) is 128 cm³/mol. The number of aliphatic imine (C=N–C) groups is 1. The van der Waals surface area contributed by atoms with E-state index in [0.717, 1.165) is 24.0 Å². The van der Waals surface area contributed by atoms with Gasteiger partial charge in [0.1, 0.15) is 5.82 Å². The Hall–Kier alpha value is -1.72. The zero-order valence-corrected chi connectivity index (χ0v) is 20.4. The maximum atomic E-state index is 13.1. The normalized spacial score (nSPS) is 15.0. The quantitative estimate of drug-likeness (QED) is 0.343. The van der Waals surface area contributed by atoms with Crippen molar-refractivity contribution >= 4 is 40.0 Å². The van der Waals surface area contributed by atoms with Gasteiger partial charge in [-0.25, -0.2) is 12.8 Å². The highest BCUT2D eigenvalue weighted by atomic mass is 127. The van der Waals surface area contributed by atoms with Crippen molar-refractivity contribution in [1.82, 2.24) is 14.5 Å². The summed E-state index contributed by atoms with van der Waals surface area (Å²) in [5.41, 5.74) is 1.94. The number of sulfonamides is 1. The SMILES string of the molecule is CN=C(NCc1ccc(S(=O)(=O)N2CCCC2)cc1)N(C)Cc1ccc(F)cc1.I. The van der Waals surface area contributed by atoms with E-state index >= 15 is 0 Å². The van der Waals surface area contributed by atoms with Gasteiger partial charge in [0.15, 0.2) is 5.96 Å². The standard InChI is InChI=1S/C21H27FN4O2S.HI/c1-23-21(25(2)16-18-5-9-19(22)10-6-18)24-15-17-7-11-20(12-8-17)29(27,28)26-13-3-4-14-26;/h5-12H,3-4,13-16H2,1-2H3,(H,23,24);1H. The third kappa shape index (κ3) is 6.14. The van der Waals surface area contributed by atoms with Gasteiger partial charge in [-0.3, -0.25) is 4.99 Å². The van der Waals surface area contributed by atoms with E-state index in [9.17, 15) is 12.8 Å². The van der Waals surface area contributed by atoms with Gasteiger partial charge in [0.05, 0.1) is 4.90 Å². The summed E-state index contributed by atoms with van der Waals surface area (Å²) in [7, 11) is 0.222. The van der Waals surface area contributed by atoms with E-state index in [0.29, 0.717) is 37.0 Å². The fourth-order valence-electron chi connectivity index (χ4n) is 3.36. The van der Waals surface area contributed by atoms with Gasteiger partial charge < -0.3 is 10.2 Å². The van der Waals surface area contributed by atoms with Crippen molar-refractivity contribution in [2.75, 3.05) is 27.2 Å². The third-order valence-corrected chi connectivity index (χ3v) is 6.90. The summed E-state index contributed by atoms with van der Waals surface area (Å²) in [5, 5.41) is 3.27. The van der Waals surface area contributed by atoms with Gasteiger partial charge in [-0.1, -0.05) is 24.3 Å². The van der Waals surface area contributed by atoms with Gasteiger partial charge in [0.2, 0.25) is 10.0 Å². The summed E-state index contributed by atoms with van der Waals surface area (Å²) in [6.45, 7) is 2.31. The Labute approximate surface area is 195 Å². The molecule has 9 heteroatoms. The number of nitrogens with zero attached hydrogens (tertiary/aromatic N) is 3. The van der Waals surface area contributed by atoms with Crippen molar-refractivity contribution in [3.63, 3.8) is 0 Å². The van der Waals surface area contributed by atoms with Crippen LogP contribution >= 0.6 is 24.0 Å². The van der Waals surface area contributed by atoms with Crippen LogP contribution in [0.4, 0.5) is 4.39 Å². The van der Waals surface area contributed by atoms with Crippen LogP contribution < -0.4 is 5.32 Å². The van der Waals surface area contributed by atoms with Crippen molar-refractivity contribution in [2.45, 2.75) is 30.8 Å².